The molecule has 0 fully saturated rings. The van der Waals surface area contributed by atoms with E-state index in [-0.39, 0.29) is 0 Å². The minimum atomic E-state index is 0.563. The summed E-state index contributed by atoms with van der Waals surface area (Å²) >= 11 is 0. The normalized spacial score (nSPS) is 8.77. The minimum Gasteiger partial charge on any atom is -0.322 e. The Morgan fingerprint density at radius 2 is 2.08 bits per heavy atom. The number of rotatable bonds is 3. The predicted molar refractivity (Wildman–Crippen MR) is 52.2 cm³/mol. The Labute approximate surface area is 75.4 Å². The number of para-hydroxylation sites is 1. The zero-order chi connectivity index (χ0) is 9.68. The highest BCUT2D eigenvalue weighted by Gasteiger charge is 2.02. The molecule has 5 heteroatoms. The van der Waals surface area contributed by atoms with Crippen LogP contribution in [0.5, 0.6) is 0 Å². The van der Waals surface area contributed by atoms with Gasteiger partial charge >= 0.3 is 0 Å². The number of benzene rings is 1. The van der Waals surface area contributed by atoms with Crippen LogP contribution >= 0.6 is 0 Å². The Hall–Kier alpha value is -1.81. The molecular weight excluding hydrogens is 168 g/mol. The Balaban J connectivity index is 3.26. The summed E-state index contributed by atoms with van der Waals surface area (Å²) in [5.74, 6) is 12.2. The van der Waals surface area contributed by atoms with Crippen molar-refractivity contribution in [2.75, 3.05) is 10.9 Å². The van der Waals surface area contributed by atoms with Crippen LogP contribution in [0.2, 0.25) is 0 Å². The number of nitrogens with two attached hydrogens (primary N) is 2. The van der Waals surface area contributed by atoms with E-state index in [0.717, 1.165) is 0 Å². The summed E-state index contributed by atoms with van der Waals surface area (Å²) in [5.41, 5.74) is 6.71. The Morgan fingerprint density at radius 1 is 1.31 bits per heavy atom. The van der Waals surface area contributed by atoms with Crippen molar-refractivity contribution in [1.82, 2.24) is 0 Å². The number of hydrazine groups is 2. The van der Waals surface area contributed by atoms with Crippen LogP contribution in [0.4, 0.5) is 11.4 Å². The molecule has 0 heterocycles. The maximum Gasteiger partial charge on any atom is 0.125 e. The maximum atomic E-state index is 10.1. The van der Waals surface area contributed by atoms with Crippen molar-refractivity contribution >= 4 is 23.4 Å². The molecule has 0 aliphatic heterocycles. The van der Waals surface area contributed by atoms with E-state index in [1.54, 1.807) is 24.1 Å². The number of carbonyl (C=O) groups excluding carboxylic acids is 1. The van der Waals surface area contributed by atoms with Crippen LogP contribution in [0.15, 0.2) is 18.2 Å². The number of hydrogen-bond acceptors (Lipinski definition) is 5. The van der Waals surface area contributed by atoms with Crippen molar-refractivity contribution in [3.63, 3.8) is 0 Å². The average Bonchev–Trinajstić information content (AvgIpc) is 2.18. The largest absolute Gasteiger partial charge is 0.322 e. The quantitative estimate of drug-likeness (QED) is 0.299. The Kier molecular flexibility index (Phi) is 3.05. The van der Waals surface area contributed by atoms with Gasteiger partial charge in [0, 0.05) is 11.6 Å². The third-order valence-corrected chi connectivity index (χ3v) is 1.61. The maximum absolute atomic E-state index is 10.1. The van der Waals surface area contributed by atoms with E-state index in [0.29, 0.717) is 16.9 Å². The molecule has 0 saturated heterocycles. The van der Waals surface area contributed by atoms with E-state index in [1.807, 2.05) is 0 Å². The predicted octanol–water partition coefficient (Wildman–Crippen LogP) is 0.103. The van der Waals surface area contributed by atoms with Crippen LogP contribution in [0.1, 0.15) is 5.56 Å². The zero-order valence-corrected chi connectivity index (χ0v) is 6.87. The fourth-order valence-electron chi connectivity index (χ4n) is 1.04. The summed E-state index contributed by atoms with van der Waals surface area (Å²) in [6, 6.07) is 5.21. The summed E-state index contributed by atoms with van der Waals surface area (Å²) in [4.78, 5) is 10.1. The van der Waals surface area contributed by atoms with Crippen LogP contribution in [0.3, 0.4) is 0 Å². The van der Waals surface area contributed by atoms with Crippen molar-refractivity contribution < 1.29 is 4.79 Å². The molecule has 13 heavy (non-hydrogen) atoms. The van der Waals surface area contributed by atoms with Gasteiger partial charge < -0.3 is 10.9 Å². The fraction of sp³-hybridized carbons (Fsp3) is 0. The van der Waals surface area contributed by atoms with Crippen LogP contribution in [0, 0.1) is 0 Å². The SMILES string of the molecule is NNc1cccc(C=C=O)c1NN. The summed E-state index contributed by atoms with van der Waals surface area (Å²) < 4.78 is 0. The van der Waals surface area contributed by atoms with Gasteiger partial charge in [0.15, 0.2) is 0 Å². The molecule has 1 aromatic carbocycles. The second kappa shape index (κ2) is 4.27. The van der Waals surface area contributed by atoms with Crippen LogP contribution < -0.4 is 22.5 Å². The van der Waals surface area contributed by atoms with Gasteiger partial charge in [0.1, 0.15) is 5.94 Å². The molecule has 0 aliphatic rings. The van der Waals surface area contributed by atoms with Gasteiger partial charge in [-0.3, -0.25) is 11.7 Å². The van der Waals surface area contributed by atoms with E-state index in [9.17, 15) is 4.79 Å². The van der Waals surface area contributed by atoms with E-state index in [1.165, 1.54) is 6.08 Å². The molecule has 0 spiro atoms. The molecule has 0 amide bonds. The van der Waals surface area contributed by atoms with Gasteiger partial charge in [-0.2, -0.15) is 0 Å². The molecule has 1 aromatic rings. The molecule has 0 saturated carbocycles. The lowest BCUT2D eigenvalue weighted by molar-refractivity contribution is 0.570. The number of nitrogen functional groups attached to an aromatic ring is 2. The molecule has 0 aliphatic carbocycles. The van der Waals surface area contributed by atoms with Crippen molar-refractivity contribution in [2.45, 2.75) is 0 Å². The molecule has 1 rings (SSSR count). The first-order valence-corrected chi connectivity index (χ1v) is 3.60. The van der Waals surface area contributed by atoms with Crippen molar-refractivity contribution in [1.29, 1.82) is 0 Å². The van der Waals surface area contributed by atoms with Gasteiger partial charge in [-0.05, 0) is 6.07 Å². The second-order valence-corrected chi connectivity index (χ2v) is 2.32. The van der Waals surface area contributed by atoms with Crippen molar-refractivity contribution in [3.05, 3.63) is 23.8 Å². The van der Waals surface area contributed by atoms with E-state index >= 15 is 0 Å². The van der Waals surface area contributed by atoms with Gasteiger partial charge in [-0.15, -0.1) is 0 Å². The van der Waals surface area contributed by atoms with Gasteiger partial charge in [0.25, 0.3) is 0 Å². The van der Waals surface area contributed by atoms with Gasteiger partial charge in [0.05, 0.1) is 11.4 Å². The van der Waals surface area contributed by atoms with Crippen molar-refractivity contribution in [3.8, 4) is 0 Å². The smallest absolute Gasteiger partial charge is 0.125 e. The van der Waals surface area contributed by atoms with Crippen molar-refractivity contribution in [2.24, 2.45) is 11.7 Å². The first-order valence-electron chi connectivity index (χ1n) is 3.60. The highest BCUT2D eigenvalue weighted by molar-refractivity contribution is 5.86. The first-order chi connectivity index (χ1) is 6.33. The highest BCUT2D eigenvalue weighted by Crippen LogP contribution is 2.24. The molecular formula is C8H10N4O. The molecule has 0 atom stereocenters. The lowest BCUT2D eigenvalue weighted by atomic mass is 10.1. The standard InChI is InChI=1S/C8H10N4O/c9-11-7-3-1-2-6(4-5-13)8(7)12-10/h1-4,11-12H,9-10H2. The average molecular weight is 178 g/mol. The molecule has 0 bridgehead atoms. The van der Waals surface area contributed by atoms with Gasteiger partial charge in [0.2, 0.25) is 0 Å². The molecule has 0 radical (unpaired) electrons. The summed E-state index contributed by atoms with van der Waals surface area (Å²) in [6.07, 6.45) is 1.27. The fourth-order valence-corrected chi connectivity index (χ4v) is 1.04. The van der Waals surface area contributed by atoms with Crippen LogP contribution in [-0.4, -0.2) is 5.94 Å². The lowest BCUT2D eigenvalue weighted by Gasteiger charge is -2.09. The molecule has 0 unspecified atom stereocenters. The Morgan fingerprint density at radius 3 is 2.62 bits per heavy atom. The number of hydrogen-bond donors (Lipinski definition) is 4. The second-order valence-electron chi connectivity index (χ2n) is 2.32. The highest BCUT2D eigenvalue weighted by atomic mass is 16.1. The number of nitrogens with one attached hydrogen (secondary N) is 2. The van der Waals surface area contributed by atoms with Gasteiger partial charge in [-0.1, -0.05) is 12.1 Å². The van der Waals surface area contributed by atoms with E-state index in [4.69, 9.17) is 11.7 Å². The summed E-state index contributed by atoms with van der Waals surface area (Å²) in [5, 5.41) is 0. The van der Waals surface area contributed by atoms with Crippen LogP contribution in [0.25, 0.3) is 6.08 Å². The minimum absolute atomic E-state index is 0.563. The number of anilines is 2. The molecule has 68 valence electrons. The third-order valence-electron chi connectivity index (χ3n) is 1.61. The molecule has 0 aromatic heterocycles. The lowest BCUT2D eigenvalue weighted by Crippen LogP contribution is -2.14. The summed E-state index contributed by atoms with van der Waals surface area (Å²) in [7, 11) is 0. The van der Waals surface area contributed by atoms with E-state index in [2.05, 4.69) is 10.9 Å². The molecule has 5 nitrogen and oxygen atoms in total. The van der Waals surface area contributed by atoms with E-state index < -0.39 is 0 Å². The monoisotopic (exact) mass is 178 g/mol. The van der Waals surface area contributed by atoms with Crippen LogP contribution in [-0.2, 0) is 4.79 Å². The first kappa shape index (κ1) is 9.28. The zero-order valence-electron chi connectivity index (χ0n) is 6.87. The topological polar surface area (TPSA) is 93.2 Å². The van der Waals surface area contributed by atoms with Gasteiger partial charge in [-0.25, -0.2) is 4.79 Å². The molecule has 6 N–H and O–H groups in total. The Bertz CT molecular complexity index is 344. The third kappa shape index (κ3) is 1.86. The summed E-state index contributed by atoms with van der Waals surface area (Å²) in [6.45, 7) is 0.